The van der Waals surface area contributed by atoms with E-state index >= 15 is 0 Å². The van der Waals surface area contributed by atoms with Gasteiger partial charge in [-0.3, -0.25) is 0 Å². The molecule has 0 aromatic carbocycles. The fourth-order valence-electron chi connectivity index (χ4n) is 5.84. The maximum Gasteiger partial charge on any atom is 0.335 e. The van der Waals surface area contributed by atoms with Crippen LogP contribution in [0.15, 0.2) is 0 Å². The van der Waals surface area contributed by atoms with Crippen LogP contribution in [0.5, 0.6) is 0 Å². The van der Waals surface area contributed by atoms with Crippen molar-refractivity contribution in [1.29, 1.82) is 0 Å². The number of ether oxygens (including phenoxy) is 8. The monoisotopic (exact) mass is 723 g/mol. The van der Waals surface area contributed by atoms with E-state index in [9.17, 15) is 71.2 Å². The molecular formula is C26H45NO22. The van der Waals surface area contributed by atoms with Gasteiger partial charge in [-0.2, -0.15) is 0 Å². The van der Waals surface area contributed by atoms with Gasteiger partial charge < -0.3 is 110 Å². The van der Waals surface area contributed by atoms with Gasteiger partial charge in [0.1, 0.15) is 91.6 Å². The maximum absolute atomic E-state index is 11.4. The van der Waals surface area contributed by atoms with Crippen molar-refractivity contribution < 1.29 is 109 Å². The van der Waals surface area contributed by atoms with E-state index in [2.05, 4.69) is 0 Å². The zero-order valence-electron chi connectivity index (χ0n) is 25.6. The summed E-state index contributed by atoms with van der Waals surface area (Å²) in [4.78, 5) is 11.4. The highest BCUT2D eigenvalue weighted by Gasteiger charge is 2.55. The number of carbonyl (C=O) groups is 1. The molecule has 4 heterocycles. The van der Waals surface area contributed by atoms with Crippen LogP contribution in [0.25, 0.3) is 0 Å². The fraction of sp³-hybridized carbons (Fsp3) is 0.962. The molecule has 4 aliphatic rings. The van der Waals surface area contributed by atoms with E-state index < -0.39 is 149 Å². The van der Waals surface area contributed by atoms with E-state index in [1.54, 1.807) is 0 Å². The van der Waals surface area contributed by atoms with Crippen molar-refractivity contribution >= 4 is 5.97 Å². The summed E-state index contributed by atoms with van der Waals surface area (Å²) in [6, 6.07) is 0. The maximum atomic E-state index is 11.4. The van der Waals surface area contributed by atoms with Gasteiger partial charge >= 0.3 is 5.97 Å². The summed E-state index contributed by atoms with van der Waals surface area (Å²) in [6.07, 6.45) is -36.7. The van der Waals surface area contributed by atoms with E-state index in [0.717, 1.165) is 0 Å². The fourth-order valence-corrected chi connectivity index (χ4v) is 5.84. The van der Waals surface area contributed by atoms with Crippen molar-refractivity contribution in [2.75, 3.05) is 33.0 Å². The topological polar surface area (TPSA) is 380 Å². The largest absolute Gasteiger partial charge is 0.479 e. The quantitative estimate of drug-likeness (QED) is 0.0838. The zero-order valence-corrected chi connectivity index (χ0v) is 25.6. The standard InChI is InChI=1S/C26H45NO22/c27-1-2-42-23-15(37)11(33)18(6(3-28)43-23)46-24-16(38)12(34)19(7(4-29)44-24)47-25-17(39)13(35)20(8(5-30)45-25)48-26-14(36)9(31)10(32)21(49-26)22(40)41/h6-21,23-26,28-39H,1-5,27H2,(H,40,41)/t6?,7?,8?,9?,10-,11?,12?,13?,14?,15?,16?,17-,18-,19+,20+,21?,23-,24+,25-,26+/m0/s1. The van der Waals surface area contributed by atoms with Crippen LogP contribution in [0.2, 0.25) is 0 Å². The number of carboxylic acid groups (broad SMARTS) is 1. The molecule has 23 nitrogen and oxygen atoms in total. The number of aliphatic carboxylic acids is 1. The van der Waals surface area contributed by atoms with Crippen molar-refractivity contribution in [2.24, 2.45) is 5.73 Å². The third kappa shape index (κ3) is 8.48. The first-order valence-electron chi connectivity index (χ1n) is 15.3. The van der Waals surface area contributed by atoms with Gasteiger partial charge in [-0.1, -0.05) is 0 Å². The molecule has 11 unspecified atom stereocenters. The Bertz CT molecular complexity index is 1040. The smallest absolute Gasteiger partial charge is 0.335 e. The summed E-state index contributed by atoms with van der Waals surface area (Å²) in [5.41, 5.74) is 5.37. The molecule has 0 aromatic rings. The minimum atomic E-state index is -2.09. The molecule has 20 atom stereocenters. The Kier molecular flexibility index (Phi) is 14.4. The number of rotatable bonds is 13. The first-order valence-corrected chi connectivity index (χ1v) is 15.3. The number of aliphatic hydroxyl groups is 12. The van der Waals surface area contributed by atoms with Gasteiger partial charge in [-0.05, 0) is 0 Å². The number of hydrogen-bond acceptors (Lipinski definition) is 22. The van der Waals surface area contributed by atoms with Gasteiger partial charge in [0, 0.05) is 6.54 Å². The highest BCUT2D eigenvalue weighted by atomic mass is 16.8. The minimum absolute atomic E-state index is 0.0559. The molecule has 0 bridgehead atoms. The van der Waals surface area contributed by atoms with Crippen molar-refractivity contribution in [3.05, 3.63) is 0 Å². The second kappa shape index (κ2) is 17.4. The lowest BCUT2D eigenvalue weighted by atomic mass is 9.95. The van der Waals surface area contributed by atoms with Crippen LogP contribution in [0.1, 0.15) is 0 Å². The third-order valence-electron chi connectivity index (χ3n) is 8.55. The van der Waals surface area contributed by atoms with E-state index in [1.165, 1.54) is 0 Å². The second-order valence-electron chi connectivity index (χ2n) is 11.8. The molecule has 0 radical (unpaired) electrons. The van der Waals surface area contributed by atoms with Gasteiger partial charge in [-0.15, -0.1) is 0 Å². The summed E-state index contributed by atoms with van der Waals surface area (Å²) in [6.45, 7) is -2.65. The van der Waals surface area contributed by atoms with Crippen molar-refractivity contribution in [1.82, 2.24) is 0 Å². The van der Waals surface area contributed by atoms with Crippen LogP contribution >= 0.6 is 0 Å². The third-order valence-corrected chi connectivity index (χ3v) is 8.55. The van der Waals surface area contributed by atoms with Gasteiger partial charge in [0.05, 0.1) is 26.4 Å². The molecule has 0 aliphatic carbocycles. The molecular weight excluding hydrogens is 678 g/mol. The van der Waals surface area contributed by atoms with E-state index in [1.807, 2.05) is 0 Å². The van der Waals surface area contributed by atoms with Crippen LogP contribution in [-0.2, 0) is 42.7 Å². The Morgan fingerprint density at radius 2 is 0.857 bits per heavy atom. The van der Waals surface area contributed by atoms with Gasteiger partial charge in [-0.25, -0.2) is 4.79 Å². The average molecular weight is 724 g/mol. The van der Waals surface area contributed by atoms with Crippen LogP contribution in [0.4, 0.5) is 0 Å². The molecule has 4 rings (SSSR count). The van der Waals surface area contributed by atoms with Crippen LogP contribution in [-0.4, -0.2) is 228 Å². The summed E-state index contributed by atoms with van der Waals surface area (Å²) < 4.78 is 43.3. The van der Waals surface area contributed by atoms with Gasteiger partial charge in [0.2, 0.25) is 0 Å². The molecule has 23 heteroatoms. The molecule has 4 fully saturated rings. The highest BCUT2D eigenvalue weighted by Crippen LogP contribution is 2.34. The molecule has 4 saturated heterocycles. The van der Waals surface area contributed by atoms with E-state index in [-0.39, 0.29) is 13.2 Å². The van der Waals surface area contributed by atoms with Gasteiger partial charge in [0.25, 0.3) is 0 Å². The Morgan fingerprint density at radius 1 is 0.510 bits per heavy atom. The van der Waals surface area contributed by atoms with Gasteiger partial charge in [0.15, 0.2) is 31.3 Å². The number of aliphatic hydroxyl groups excluding tert-OH is 12. The minimum Gasteiger partial charge on any atom is -0.479 e. The molecule has 15 N–H and O–H groups in total. The predicted molar refractivity (Wildman–Crippen MR) is 147 cm³/mol. The second-order valence-corrected chi connectivity index (χ2v) is 11.8. The molecule has 0 aromatic heterocycles. The summed E-state index contributed by atoms with van der Waals surface area (Å²) in [5.74, 6) is -1.73. The van der Waals surface area contributed by atoms with Crippen LogP contribution in [0.3, 0.4) is 0 Å². The number of carboxylic acids is 1. The Balaban J connectivity index is 1.43. The Morgan fingerprint density at radius 3 is 1.22 bits per heavy atom. The predicted octanol–water partition coefficient (Wildman–Crippen LogP) is -9.67. The van der Waals surface area contributed by atoms with Crippen molar-refractivity contribution in [2.45, 2.75) is 123 Å². The van der Waals surface area contributed by atoms with Crippen LogP contribution in [0, 0.1) is 0 Å². The molecule has 4 aliphatic heterocycles. The Hall–Kier alpha value is -1.37. The zero-order chi connectivity index (χ0) is 36.3. The normalized spacial score (nSPS) is 49.5. The molecule has 49 heavy (non-hydrogen) atoms. The summed E-state index contributed by atoms with van der Waals surface area (Å²) >= 11 is 0. The van der Waals surface area contributed by atoms with Crippen LogP contribution < -0.4 is 5.73 Å². The summed E-state index contributed by atoms with van der Waals surface area (Å²) in [5, 5.41) is 134. The molecule has 0 spiro atoms. The molecule has 0 amide bonds. The lowest BCUT2D eigenvalue weighted by molar-refractivity contribution is -0.387. The highest BCUT2D eigenvalue weighted by molar-refractivity contribution is 5.73. The lowest BCUT2D eigenvalue weighted by Crippen LogP contribution is -2.67. The summed E-state index contributed by atoms with van der Waals surface area (Å²) in [7, 11) is 0. The number of nitrogens with two attached hydrogens (primary N) is 1. The van der Waals surface area contributed by atoms with E-state index in [0.29, 0.717) is 0 Å². The SMILES string of the molecule is NCCO[C@H]1OC(CO)[C@H](O[C@H]2OC(CO)[C@@H](O[C@@H]3OC(CO)[C@@H](O[C@@H]4OC(C(=O)O)[C@@H](O)C(O)C4O)C(O)[C@@H]3O)C(O)C2O)C(O)C1O. The molecule has 0 saturated carbocycles. The first kappa shape index (κ1) is 40.4. The lowest BCUT2D eigenvalue weighted by Gasteiger charge is -2.49. The average Bonchev–Trinajstić information content (AvgIpc) is 3.08. The number of hydrogen-bond donors (Lipinski definition) is 14. The van der Waals surface area contributed by atoms with E-state index in [4.69, 9.17) is 43.6 Å². The van der Waals surface area contributed by atoms with Crippen molar-refractivity contribution in [3.8, 4) is 0 Å². The molecule has 286 valence electrons. The first-order chi connectivity index (χ1) is 23.2. The Labute approximate surface area is 277 Å². The van der Waals surface area contributed by atoms with Crippen molar-refractivity contribution in [3.63, 3.8) is 0 Å².